The molecule has 0 fully saturated rings. The van der Waals surface area contributed by atoms with Crippen molar-refractivity contribution in [3.8, 4) is 16.9 Å². The van der Waals surface area contributed by atoms with E-state index in [-0.39, 0.29) is 5.78 Å². The maximum atomic E-state index is 11.9. The number of carbonyl (C=O) groups excluding carboxylic acids is 1. The molecule has 2 aromatic rings. The van der Waals surface area contributed by atoms with E-state index in [4.69, 9.17) is 4.74 Å². The molecule has 0 N–H and O–H groups in total. The summed E-state index contributed by atoms with van der Waals surface area (Å²) in [6.45, 7) is 4.71. The Kier molecular flexibility index (Phi) is 5.88. The minimum Gasteiger partial charge on any atom is -0.494 e. The molecule has 0 aliphatic rings. The van der Waals surface area contributed by atoms with E-state index in [9.17, 15) is 4.79 Å². The van der Waals surface area contributed by atoms with Gasteiger partial charge in [0.15, 0.2) is 5.78 Å². The van der Waals surface area contributed by atoms with Crippen LogP contribution < -0.4 is 4.74 Å². The molecule has 2 rings (SSSR count). The van der Waals surface area contributed by atoms with E-state index in [1.165, 1.54) is 0 Å². The molecule has 0 aromatic heterocycles. The van der Waals surface area contributed by atoms with Gasteiger partial charge in [0.25, 0.3) is 0 Å². The molecule has 2 nitrogen and oxygen atoms in total. The van der Waals surface area contributed by atoms with Gasteiger partial charge in [-0.1, -0.05) is 43.3 Å². The second kappa shape index (κ2) is 7.89. The Morgan fingerprint density at radius 1 is 0.952 bits per heavy atom. The van der Waals surface area contributed by atoms with Gasteiger partial charge in [-0.25, -0.2) is 0 Å². The lowest BCUT2D eigenvalue weighted by Crippen LogP contribution is -2.02. The van der Waals surface area contributed by atoms with E-state index in [0.29, 0.717) is 12.4 Å². The van der Waals surface area contributed by atoms with E-state index in [1.807, 2.05) is 55.5 Å². The Morgan fingerprint density at radius 3 is 2.05 bits per heavy atom. The monoisotopic (exact) mass is 300 g/mol. The number of rotatable bonds is 7. The van der Waals surface area contributed by atoms with Gasteiger partial charge in [-0.05, 0) is 35.9 Å². The molecule has 0 radical (unpaired) electrons. The first kappa shape index (κ1) is 15.6. The lowest BCUT2D eigenvalue weighted by molar-refractivity contribution is 0.102. The van der Waals surface area contributed by atoms with Crippen LogP contribution in [0.1, 0.15) is 24.2 Å². The van der Waals surface area contributed by atoms with Crippen LogP contribution in [0.5, 0.6) is 5.75 Å². The molecular formula is C18H20O2S. The van der Waals surface area contributed by atoms with Gasteiger partial charge < -0.3 is 4.74 Å². The third-order valence-electron chi connectivity index (χ3n) is 3.14. The lowest BCUT2D eigenvalue weighted by Gasteiger charge is -2.06. The maximum absolute atomic E-state index is 11.9. The second-order valence-corrected chi connectivity index (χ2v) is 5.87. The first-order chi connectivity index (χ1) is 10.2. The summed E-state index contributed by atoms with van der Waals surface area (Å²) in [5.74, 6) is 2.60. The predicted molar refractivity (Wildman–Crippen MR) is 90.4 cm³/mol. The van der Waals surface area contributed by atoms with Gasteiger partial charge in [0.05, 0.1) is 12.4 Å². The fraction of sp³-hybridized carbons (Fsp3) is 0.278. The molecule has 3 heteroatoms. The Labute approximate surface area is 130 Å². The molecule has 2 aromatic carbocycles. The fourth-order valence-electron chi connectivity index (χ4n) is 2.04. The first-order valence-electron chi connectivity index (χ1n) is 7.18. The van der Waals surface area contributed by atoms with Crippen LogP contribution in [0.25, 0.3) is 11.1 Å². The molecule has 0 saturated heterocycles. The second-order valence-electron chi connectivity index (χ2n) is 4.60. The number of thioether (sulfide) groups is 1. The number of hydrogen-bond acceptors (Lipinski definition) is 3. The molecule has 0 aliphatic carbocycles. The van der Waals surface area contributed by atoms with Gasteiger partial charge in [0, 0.05) is 5.56 Å². The number of hydrogen-bond donors (Lipinski definition) is 0. The molecule has 0 amide bonds. The maximum Gasteiger partial charge on any atom is 0.172 e. The van der Waals surface area contributed by atoms with Crippen molar-refractivity contribution in [2.24, 2.45) is 0 Å². The van der Waals surface area contributed by atoms with E-state index >= 15 is 0 Å². The largest absolute Gasteiger partial charge is 0.494 e. The average Bonchev–Trinajstić information content (AvgIpc) is 2.54. The summed E-state index contributed by atoms with van der Waals surface area (Å²) < 4.78 is 5.44. The van der Waals surface area contributed by atoms with Crippen LogP contribution in [-0.2, 0) is 0 Å². The summed E-state index contributed by atoms with van der Waals surface area (Å²) in [5.41, 5.74) is 3.02. The van der Waals surface area contributed by atoms with Crippen molar-refractivity contribution in [1.82, 2.24) is 0 Å². The van der Waals surface area contributed by atoms with Crippen molar-refractivity contribution in [2.45, 2.75) is 13.8 Å². The number of Topliss-reactive ketones (excluding diaryl/α,β-unsaturated/α-hetero) is 1. The van der Waals surface area contributed by atoms with Crippen molar-refractivity contribution in [3.05, 3.63) is 54.1 Å². The molecule has 0 spiro atoms. The summed E-state index contributed by atoms with van der Waals surface area (Å²) in [4.78, 5) is 11.9. The molecule has 0 heterocycles. The quantitative estimate of drug-likeness (QED) is 0.694. The van der Waals surface area contributed by atoms with Crippen molar-refractivity contribution in [2.75, 3.05) is 18.1 Å². The zero-order valence-corrected chi connectivity index (χ0v) is 13.3. The molecule has 21 heavy (non-hydrogen) atoms. The first-order valence-corrected chi connectivity index (χ1v) is 8.34. The molecule has 0 aliphatic heterocycles. The Balaban J connectivity index is 2.09. The van der Waals surface area contributed by atoms with Gasteiger partial charge in [-0.2, -0.15) is 11.8 Å². The Hall–Kier alpha value is -1.74. The summed E-state index contributed by atoms with van der Waals surface area (Å²) in [6, 6.07) is 15.8. The normalized spacial score (nSPS) is 10.4. The molecule has 0 atom stereocenters. The Bertz CT molecular complexity index is 573. The molecule has 0 saturated carbocycles. The smallest absolute Gasteiger partial charge is 0.172 e. The predicted octanol–water partition coefficient (Wildman–Crippen LogP) is 4.69. The minimum atomic E-state index is 0.195. The van der Waals surface area contributed by atoms with E-state index in [0.717, 1.165) is 28.2 Å². The zero-order chi connectivity index (χ0) is 15.1. The van der Waals surface area contributed by atoms with Crippen LogP contribution in [0.3, 0.4) is 0 Å². The third-order valence-corrected chi connectivity index (χ3v) is 4.02. The summed E-state index contributed by atoms with van der Waals surface area (Å²) in [5, 5.41) is 0. The minimum absolute atomic E-state index is 0.195. The van der Waals surface area contributed by atoms with E-state index in [2.05, 4.69) is 6.92 Å². The van der Waals surface area contributed by atoms with Gasteiger partial charge in [0.2, 0.25) is 0 Å². The van der Waals surface area contributed by atoms with Gasteiger partial charge in [0.1, 0.15) is 5.75 Å². The van der Waals surface area contributed by atoms with E-state index in [1.54, 1.807) is 11.8 Å². The van der Waals surface area contributed by atoms with Crippen LogP contribution in [-0.4, -0.2) is 23.9 Å². The summed E-state index contributed by atoms with van der Waals surface area (Å²) in [7, 11) is 0. The summed E-state index contributed by atoms with van der Waals surface area (Å²) >= 11 is 1.65. The van der Waals surface area contributed by atoms with Gasteiger partial charge >= 0.3 is 0 Å². The highest BCUT2D eigenvalue weighted by Crippen LogP contribution is 2.23. The SMILES string of the molecule is CCOc1ccc(-c2ccc(C(=O)CSCC)cc2)cc1. The molecule has 0 bridgehead atoms. The standard InChI is InChI=1S/C18H20O2S/c1-3-20-17-11-9-15(10-12-17)14-5-7-16(8-6-14)18(19)13-21-4-2/h5-12H,3-4,13H2,1-2H3. The highest BCUT2D eigenvalue weighted by atomic mass is 32.2. The highest BCUT2D eigenvalue weighted by molar-refractivity contribution is 7.99. The topological polar surface area (TPSA) is 26.3 Å². The summed E-state index contributed by atoms with van der Waals surface area (Å²) in [6.07, 6.45) is 0. The van der Waals surface area contributed by atoms with Crippen LogP contribution in [0.4, 0.5) is 0 Å². The van der Waals surface area contributed by atoms with Crippen LogP contribution >= 0.6 is 11.8 Å². The zero-order valence-electron chi connectivity index (χ0n) is 12.5. The molecular weight excluding hydrogens is 280 g/mol. The van der Waals surface area contributed by atoms with Crippen molar-refractivity contribution >= 4 is 17.5 Å². The highest BCUT2D eigenvalue weighted by Gasteiger charge is 2.06. The van der Waals surface area contributed by atoms with E-state index < -0.39 is 0 Å². The van der Waals surface area contributed by atoms with Gasteiger partial charge in [-0.15, -0.1) is 0 Å². The third kappa shape index (κ3) is 4.36. The number of carbonyl (C=O) groups is 1. The average molecular weight is 300 g/mol. The van der Waals surface area contributed by atoms with Crippen LogP contribution in [0.15, 0.2) is 48.5 Å². The number of ketones is 1. The van der Waals surface area contributed by atoms with Crippen LogP contribution in [0, 0.1) is 0 Å². The van der Waals surface area contributed by atoms with Gasteiger partial charge in [-0.3, -0.25) is 4.79 Å². The fourth-order valence-corrected chi connectivity index (χ4v) is 2.59. The van der Waals surface area contributed by atoms with Crippen molar-refractivity contribution in [1.29, 1.82) is 0 Å². The molecule has 110 valence electrons. The lowest BCUT2D eigenvalue weighted by atomic mass is 10.0. The Morgan fingerprint density at radius 2 is 1.52 bits per heavy atom. The van der Waals surface area contributed by atoms with Crippen LogP contribution in [0.2, 0.25) is 0 Å². The van der Waals surface area contributed by atoms with Crippen molar-refractivity contribution in [3.63, 3.8) is 0 Å². The number of ether oxygens (including phenoxy) is 1. The van der Waals surface area contributed by atoms with Crippen molar-refractivity contribution < 1.29 is 9.53 Å². The number of benzene rings is 2. The molecule has 0 unspecified atom stereocenters.